The van der Waals surface area contributed by atoms with Crippen LogP contribution in [0, 0.1) is 0 Å². The molecule has 0 radical (unpaired) electrons. The third kappa shape index (κ3) is 1.85. The van der Waals surface area contributed by atoms with Crippen LogP contribution >= 0.6 is 15.9 Å². The summed E-state index contributed by atoms with van der Waals surface area (Å²) in [6, 6.07) is 5.72. The number of H-pyrrole nitrogens is 1. The van der Waals surface area contributed by atoms with E-state index >= 15 is 0 Å². The van der Waals surface area contributed by atoms with E-state index in [2.05, 4.69) is 20.9 Å². The molecule has 0 saturated carbocycles. The van der Waals surface area contributed by atoms with E-state index in [-0.39, 0.29) is 5.78 Å². The Bertz CT molecular complexity index is 519. The lowest BCUT2D eigenvalue weighted by Gasteiger charge is -2.05. The van der Waals surface area contributed by atoms with Gasteiger partial charge in [0, 0.05) is 17.3 Å². The number of ether oxygens (including phenoxy) is 1. The van der Waals surface area contributed by atoms with Gasteiger partial charge in [0.15, 0.2) is 5.78 Å². The van der Waals surface area contributed by atoms with E-state index < -0.39 is 0 Å². The first-order valence-electron chi connectivity index (χ1n) is 5.10. The predicted molar refractivity (Wildman–Crippen MR) is 67.6 cm³/mol. The van der Waals surface area contributed by atoms with Crippen LogP contribution in [0.2, 0.25) is 0 Å². The van der Waals surface area contributed by atoms with Gasteiger partial charge in [-0.2, -0.15) is 0 Å². The highest BCUT2D eigenvalue weighted by atomic mass is 79.9. The summed E-state index contributed by atoms with van der Waals surface area (Å²) < 4.78 is 5.53. The van der Waals surface area contributed by atoms with Crippen molar-refractivity contribution in [2.75, 3.05) is 11.9 Å². The van der Waals surface area contributed by atoms with E-state index in [4.69, 9.17) is 4.74 Å². The van der Waals surface area contributed by atoms with Gasteiger partial charge in [0.2, 0.25) is 0 Å². The Balaban J connectivity index is 2.62. The molecule has 1 aromatic heterocycles. The maximum absolute atomic E-state index is 11.7. The summed E-state index contributed by atoms with van der Waals surface area (Å²) >= 11 is 3.18. The number of halogens is 1. The summed E-state index contributed by atoms with van der Waals surface area (Å²) in [6.45, 7) is 2.52. The molecule has 4 heteroatoms. The smallest absolute Gasteiger partial charge is 0.175 e. The summed E-state index contributed by atoms with van der Waals surface area (Å²) in [5.74, 6) is 0.809. The van der Waals surface area contributed by atoms with Gasteiger partial charge in [0.1, 0.15) is 5.75 Å². The van der Waals surface area contributed by atoms with E-state index in [1.54, 1.807) is 6.20 Å². The van der Waals surface area contributed by atoms with Gasteiger partial charge in [-0.3, -0.25) is 4.79 Å². The summed E-state index contributed by atoms with van der Waals surface area (Å²) in [6.07, 6.45) is 1.73. The van der Waals surface area contributed by atoms with E-state index in [0.717, 1.165) is 16.7 Å². The molecule has 84 valence electrons. The Morgan fingerprint density at radius 2 is 2.31 bits per heavy atom. The Labute approximate surface area is 102 Å². The molecule has 1 heterocycles. The van der Waals surface area contributed by atoms with Crippen LogP contribution in [0.25, 0.3) is 10.9 Å². The first-order valence-corrected chi connectivity index (χ1v) is 6.22. The summed E-state index contributed by atoms with van der Waals surface area (Å²) in [4.78, 5) is 14.8. The zero-order valence-corrected chi connectivity index (χ0v) is 10.5. The van der Waals surface area contributed by atoms with E-state index in [1.807, 2.05) is 25.1 Å². The van der Waals surface area contributed by atoms with Crippen LogP contribution < -0.4 is 4.74 Å². The van der Waals surface area contributed by atoms with E-state index in [9.17, 15) is 4.79 Å². The number of aromatic nitrogens is 1. The van der Waals surface area contributed by atoms with Crippen molar-refractivity contribution in [2.45, 2.75) is 6.92 Å². The van der Waals surface area contributed by atoms with E-state index in [0.29, 0.717) is 17.5 Å². The maximum Gasteiger partial charge on any atom is 0.175 e. The molecule has 1 N–H and O–H groups in total. The average Bonchev–Trinajstić information content (AvgIpc) is 2.73. The number of ketones is 1. The predicted octanol–water partition coefficient (Wildman–Crippen LogP) is 3.14. The van der Waals surface area contributed by atoms with Gasteiger partial charge in [-0.15, -0.1) is 0 Å². The first kappa shape index (κ1) is 11.2. The fraction of sp³-hybridized carbons (Fsp3) is 0.250. The van der Waals surface area contributed by atoms with Crippen molar-refractivity contribution in [1.82, 2.24) is 4.98 Å². The molecule has 0 amide bonds. The number of nitrogens with one attached hydrogen (secondary N) is 1. The average molecular weight is 282 g/mol. The fourth-order valence-electron chi connectivity index (χ4n) is 1.72. The Morgan fingerprint density at radius 3 is 3.00 bits per heavy atom. The second-order valence-electron chi connectivity index (χ2n) is 3.37. The topological polar surface area (TPSA) is 42.1 Å². The number of Topliss-reactive ketones (excluding diaryl/α,β-unsaturated/α-hetero) is 1. The zero-order valence-electron chi connectivity index (χ0n) is 8.92. The number of alkyl halides is 1. The normalized spacial score (nSPS) is 10.6. The lowest BCUT2D eigenvalue weighted by Crippen LogP contribution is -2.00. The van der Waals surface area contributed by atoms with E-state index in [1.165, 1.54) is 0 Å². The third-order valence-electron chi connectivity index (χ3n) is 2.39. The minimum absolute atomic E-state index is 0.0541. The number of rotatable bonds is 4. The van der Waals surface area contributed by atoms with Gasteiger partial charge < -0.3 is 9.72 Å². The molecule has 0 spiro atoms. The van der Waals surface area contributed by atoms with Gasteiger partial charge in [0.25, 0.3) is 0 Å². The highest BCUT2D eigenvalue weighted by Gasteiger charge is 2.14. The van der Waals surface area contributed by atoms with Crippen LogP contribution in [0.3, 0.4) is 0 Å². The van der Waals surface area contributed by atoms with Crippen molar-refractivity contribution >= 4 is 32.6 Å². The van der Waals surface area contributed by atoms with Crippen molar-refractivity contribution < 1.29 is 9.53 Å². The highest BCUT2D eigenvalue weighted by Crippen LogP contribution is 2.29. The Kier molecular flexibility index (Phi) is 3.29. The molecule has 0 unspecified atom stereocenters. The van der Waals surface area contributed by atoms with Crippen LogP contribution in [0.5, 0.6) is 5.75 Å². The van der Waals surface area contributed by atoms with Crippen LogP contribution in [-0.4, -0.2) is 22.7 Å². The maximum atomic E-state index is 11.7. The number of carbonyl (C=O) groups excluding carboxylic acids is 1. The Hall–Kier alpha value is -1.29. The molecule has 0 aliphatic heterocycles. The molecule has 0 aliphatic rings. The zero-order chi connectivity index (χ0) is 11.5. The molecule has 2 rings (SSSR count). The van der Waals surface area contributed by atoms with Crippen LogP contribution in [0.1, 0.15) is 17.3 Å². The third-order valence-corrected chi connectivity index (χ3v) is 2.90. The molecule has 0 atom stereocenters. The number of hydrogen-bond acceptors (Lipinski definition) is 2. The number of hydrogen-bond donors (Lipinski definition) is 1. The molecular weight excluding hydrogens is 270 g/mol. The van der Waals surface area contributed by atoms with Gasteiger partial charge in [-0.05, 0) is 19.1 Å². The number of aromatic amines is 1. The van der Waals surface area contributed by atoms with Crippen molar-refractivity contribution in [2.24, 2.45) is 0 Å². The molecule has 16 heavy (non-hydrogen) atoms. The highest BCUT2D eigenvalue weighted by molar-refractivity contribution is 9.09. The van der Waals surface area contributed by atoms with Crippen molar-refractivity contribution in [3.8, 4) is 5.75 Å². The summed E-state index contributed by atoms with van der Waals surface area (Å²) in [7, 11) is 0. The van der Waals surface area contributed by atoms with Crippen molar-refractivity contribution in [3.05, 3.63) is 30.0 Å². The van der Waals surface area contributed by atoms with Gasteiger partial charge in [-0.25, -0.2) is 0 Å². The molecule has 2 aromatic rings. The number of fused-ring (bicyclic) bond motifs is 1. The number of carbonyl (C=O) groups is 1. The lowest BCUT2D eigenvalue weighted by atomic mass is 10.1. The number of benzene rings is 1. The SMILES string of the molecule is CCOc1cccc2[nH]cc(C(=O)CBr)c12. The quantitative estimate of drug-likeness (QED) is 0.691. The van der Waals surface area contributed by atoms with Crippen LogP contribution in [0.4, 0.5) is 0 Å². The monoisotopic (exact) mass is 281 g/mol. The molecule has 0 aliphatic carbocycles. The first-order chi connectivity index (χ1) is 7.77. The standard InChI is InChI=1S/C12H12BrNO2/c1-2-16-11-5-3-4-9-12(11)8(7-14-9)10(15)6-13/h3-5,7,14H,2,6H2,1H3. The van der Waals surface area contributed by atoms with Crippen molar-refractivity contribution in [3.63, 3.8) is 0 Å². The molecule has 0 saturated heterocycles. The van der Waals surface area contributed by atoms with Crippen LogP contribution in [-0.2, 0) is 0 Å². The van der Waals surface area contributed by atoms with Crippen LogP contribution in [0.15, 0.2) is 24.4 Å². The lowest BCUT2D eigenvalue weighted by molar-refractivity contribution is 0.102. The Morgan fingerprint density at radius 1 is 1.50 bits per heavy atom. The minimum atomic E-state index is 0.0541. The molecular formula is C12H12BrNO2. The van der Waals surface area contributed by atoms with Gasteiger partial charge in [0.05, 0.1) is 17.3 Å². The molecule has 0 bridgehead atoms. The molecule has 1 aromatic carbocycles. The summed E-state index contributed by atoms with van der Waals surface area (Å²) in [5, 5.41) is 1.19. The molecule has 0 fully saturated rings. The van der Waals surface area contributed by atoms with Crippen molar-refractivity contribution in [1.29, 1.82) is 0 Å². The second-order valence-corrected chi connectivity index (χ2v) is 3.93. The summed E-state index contributed by atoms with van der Waals surface area (Å²) in [5.41, 5.74) is 1.60. The van der Waals surface area contributed by atoms with Gasteiger partial charge in [-0.1, -0.05) is 22.0 Å². The minimum Gasteiger partial charge on any atom is -0.493 e. The largest absolute Gasteiger partial charge is 0.493 e. The van der Waals surface area contributed by atoms with Gasteiger partial charge >= 0.3 is 0 Å². The fourth-order valence-corrected chi connectivity index (χ4v) is 2.02. The molecule has 3 nitrogen and oxygen atoms in total. The second kappa shape index (κ2) is 4.70.